The van der Waals surface area contributed by atoms with Gasteiger partial charge in [-0.05, 0) is 43.7 Å². The Bertz CT molecular complexity index is 779. The highest BCUT2D eigenvalue weighted by atomic mass is 16.7. The first-order chi connectivity index (χ1) is 13.1. The normalized spacial score (nSPS) is 12.0. The van der Waals surface area contributed by atoms with Gasteiger partial charge in [-0.1, -0.05) is 12.1 Å². The van der Waals surface area contributed by atoms with Crippen molar-refractivity contribution in [2.75, 3.05) is 19.9 Å². The summed E-state index contributed by atoms with van der Waals surface area (Å²) in [7, 11) is 0. The van der Waals surface area contributed by atoms with Crippen LogP contribution in [0.2, 0.25) is 0 Å². The van der Waals surface area contributed by atoms with Gasteiger partial charge < -0.3 is 29.6 Å². The van der Waals surface area contributed by atoms with Crippen LogP contribution in [0.15, 0.2) is 42.5 Å². The summed E-state index contributed by atoms with van der Waals surface area (Å²) in [6, 6.07) is 12.8. The Balaban J connectivity index is 1.35. The zero-order chi connectivity index (χ0) is 19.1. The highest BCUT2D eigenvalue weighted by Gasteiger charge is 2.13. The van der Waals surface area contributed by atoms with Gasteiger partial charge in [0.15, 0.2) is 11.5 Å². The Hall–Kier alpha value is -3.09. The van der Waals surface area contributed by atoms with Gasteiger partial charge in [-0.3, -0.25) is 0 Å². The summed E-state index contributed by atoms with van der Waals surface area (Å²) >= 11 is 0. The third kappa shape index (κ3) is 5.70. The predicted octanol–water partition coefficient (Wildman–Crippen LogP) is 3.08. The van der Waals surface area contributed by atoms with E-state index in [1.54, 1.807) is 18.2 Å². The molecule has 0 atom stereocenters. The second kappa shape index (κ2) is 9.02. The average Bonchev–Trinajstić information content (AvgIpc) is 3.11. The summed E-state index contributed by atoms with van der Waals surface area (Å²) in [5, 5.41) is 5.57. The second-order valence-corrected chi connectivity index (χ2v) is 6.29. The van der Waals surface area contributed by atoms with Gasteiger partial charge in [0.25, 0.3) is 0 Å². The van der Waals surface area contributed by atoms with E-state index in [1.165, 1.54) is 0 Å². The summed E-state index contributed by atoms with van der Waals surface area (Å²) in [5.74, 6) is 2.84. The molecule has 2 N–H and O–H groups in total. The van der Waals surface area contributed by atoms with Gasteiger partial charge in [-0.25, -0.2) is 4.79 Å². The summed E-state index contributed by atoms with van der Waals surface area (Å²) in [4.78, 5) is 11.9. The van der Waals surface area contributed by atoms with Crippen molar-refractivity contribution in [1.82, 2.24) is 10.6 Å². The lowest BCUT2D eigenvalue weighted by molar-refractivity contribution is 0.173. The summed E-state index contributed by atoms with van der Waals surface area (Å²) in [5.41, 5.74) is 0.972. The summed E-state index contributed by atoms with van der Waals surface area (Å²) in [6.45, 7) is 5.34. The molecule has 0 aromatic heterocycles. The predicted molar refractivity (Wildman–Crippen MR) is 101 cm³/mol. The van der Waals surface area contributed by atoms with Crippen molar-refractivity contribution >= 4 is 6.03 Å². The number of amides is 2. The average molecular weight is 372 g/mol. The van der Waals surface area contributed by atoms with Gasteiger partial charge in [0.1, 0.15) is 18.1 Å². The number of benzene rings is 2. The molecule has 27 heavy (non-hydrogen) atoms. The van der Waals surface area contributed by atoms with Crippen LogP contribution < -0.4 is 29.6 Å². The van der Waals surface area contributed by atoms with E-state index >= 15 is 0 Å². The monoisotopic (exact) mass is 372 g/mol. The molecule has 7 nitrogen and oxygen atoms in total. The highest BCUT2D eigenvalue weighted by molar-refractivity contribution is 5.73. The quantitative estimate of drug-likeness (QED) is 0.697. The van der Waals surface area contributed by atoms with Crippen molar-refractivity contribution < 1.29 is 23.7 Å². The number of urea groups is 1. The van der Waals surface area contributed by atoms with E-state index in [0.29, 0.717) is 36.9 Å². The van der Waals surface area contributed by atoms with Crippen LogP contribution in [-0.2, 0) is 6.54 Å². The Kier molecular flexibility index (Phi) is 6.25. The lowest BCUT2D eigenvalue weighted by atomic mass is 10.2. The zero-order valence-corrected chi connectivity index (χ0v) is 15.5. The molecule has 0 unspecified atom stereocenters. The van der Waals surface area contributed by atoms with Crippen LogP contribution in [0.1, 0.15) is 19.4 Å². The number of fused-ring (bicyclic) bond motifs is 1. The van der Waals surface area contributed by atoms with Crippen LogP contribution in [0.4, 0.5) is 4.79 Å². The topological polar surface area (TPSA) is 78.1 Å². The molecule has 0 aliphatic carbocycles. The largest absolute Gasteiger partial charge is 0.492 e. The van der Waals surface area contributed by atoms with Gasteiger partial charge in [0, 0.05) is 12.6 Å². The van der Waals surface area contributed by atoms with E-state index in [1.807, 2.05) is 38.1 Å². The maximum absolute atomic E-state index is 11.9. The van der Waals surface area contributed by atoms with Crippen LogP contribution in [0.5, 0.6) is 23.0 Å². The summed E-state index contributed by atoms with van der Waals surface area (Å²) in [6.07, 6.45) is 0.112. The van der Waals surface area contributed by atoms with E-state index in [-0.39, 0.29) is 18.9 Å². The Morgan fingerprint density at radius 2 is 1.93 bits per heavy atom. The number of nitrogens with one attached hydrogen (secondary N) is 2. The minimum Gasteiger partial charge on any atom is -0.492 e. The molecule has 7 heteroatoms. The molecule has 0 fully saturated rings. The van der Waals surface area contributed by atoms with Crippen LogP contribution in [0.25, 0.3) is 0 Å². The van der Waals surface area contributed by atoms with Crippen molar-refractivity contribution in [1.29, 1.82) is 0 Å². The minimum absolute atomic E-state index is 0.112. The first-order valence-electron chi connectivity index (χ1n) is 8.90. The number of rotatable bonds is 8. The first kappa shape index (κ1) is 18.7. The number of hydrogen-bond donors (Lipinski definition) is 2. The fourth-order valence-electron chi connectivity index (χ4n) is 2.55. The third-order valence-electron chi connectivity index (χ3n) is 3.72. The fraction of sp³-hybridized carbons (Fsp3) is 0.350. The van der Waals surface area contributed by atoms with E-state index in [4.69, 9.17) is 18.9 Å². The molecule has 0 spiro atoms. The van der Waals surface area contributed by atoms with E-state index in [2.05, 4.69) is 10.6 Å². The lowest BCUT2D eigenvalue weighted by Gasteiger charge is -2.12. The number of ether oxygens (including phenoxy) is 4. The zero-order valence-electron chi connectivity index (χ0n) is 15.5. The van der Waals surface area contributed by atoms with Gasteiger partial charge in [0.05, 0.1) is 12.6 Å². The van der Waals surface area contributed by atoms with Crippen LogP contribution >= 0.6 is 0 Å². The van der Waals surface area contributed by atoms with E-state index < -0.39 is 0 Å². The molecule has 1 aliphatic heterocycles. The van der Waals surface area contributed by atoms with Gasteiger partial charge in [-0.15, -0.1) is 0 Å². The maximum atomic E-state index is 11.9. The Morgan fingerprint density at radius 1 is 1.07 bits per heavy atom. The first-order valence-corrected chi connectivity index (χ1v) is 8.90. The standard InChI is InChI=1S/C20H24N2O5/c1-14(2)27-17-5-3-4-15(10-17)12-22-20(23)21-8-9-24-16-6-7-18-19(11-16)26-13-25-18/h3-7,10-11,14H,8-9,12-13H2,1-2H3,(H2,21,22,23). The molecule has 3 rings (SSSR count). The van der Waals surface area contributed by atoms with Crippen molar-refractivity contribution in [2.45, 2.75) is 26.5 Å². The highest BCUT2D eigenvalue weighted by Crippen LogP contribution is 2.34. The molecule has 0 bridgehead atoms. The summed E-state index contributed by atoms with van der Waals surface area (Å²) < 4.78 is 21.8. The number of hydrogen-bond acceptors (Lipinski definition) is 5. The van der Waals surface area contributed by atoms with Crippen molar-refractivity contribution in [3.63, 3.8) is 0 Å². The van der Waals surface area contributed by atoms with Crippen molar-refractivity contribution in [3.8, 4) is 23.0 Å². The molecular weight excluding hydrogens is 348 g/mol. The third-order valence-corrected chi connectivity index (χ3v) is 3.72. The van der Waals surface area contributed by atoms with Crippen LogP contribution in [0.3, 0.4) is 0 Å². The van der Waals surface area contributed by atoms with Crippen LogP contribution in [0, 0.1) is 0 Å². The molecule has 2 aromatic carbocycles. The van der Waals surface area contributed by atoms with Crippen molar-refractivity contribution in [3.05, 3.63) is 48.0 Å². The number of carbonyl (C=O) groups excluding carboxylic acids is 1. The molecular formula is C20H24N2O5. The fourth-order valence-corrected chi connectivity index (χ4v) is 2.55. The molecule has 1 aliphatic rings. The Morgan fingerprint density at radius 3 is 2.78 bits per heavy atom. The van der Waals surface area contributed by atoms with Gasteiger partial charge >= 0.3 is 6.03 Å². The minimum atomic E-state index is -0.250. The van der Waals surface area contributed by atoms with E-state index in [9.17, 15) is 4.79 Å². The SMILES string of the molecule is CC(C)Oc1cccc(CNC(=O)NCCOc2ccc3c(c2)OCO3)c1. The molecule has 1 heterocycles. The van der Waals surface area contributed by atoms with Crippen LogP contribution in [-0.4, -0.2) is 32.1 Å². The van der Waals surface area contributed by atoms with Crippen molar-refractivity contribution in [2.24, 2.45) is 0 Å². The molecule has 2 aromatic rings. The molecule has 0 saturated carbocycles. The molecule has 0 saturated heterocycles. The number of carbonyl (C=O) groups is 1. The Labute approximate surface area is 158 Å². The lowest BCUT2D eigenvalue weighted by Crippen LogP contribution is -2.37. The molecule has 0 radical (unpaired) electrons. The van der Waals surface area contributed by atoms with Gasteiger partial charge in [-0.2, -0.15) is 0 Å². The maximum Gasteiger partial charge on any atom is 0.315 e. The second-order valence-electron chi connectivity index (χ2n) is 6.29. The molecule has 144 valence electrons. The molecule has 2 amide bonds. The smallest absolute Gasteiger partial charge is 0.315 e. The van der Waals surface area contributed by atoms with E-state index in [0.717, 1.165) is 11.3 Å². The van der Waals surface area contributed by atoms with Gasteiger partial charge in [0.2, 0.25) is 6.79 Å².